The molecule has 7 heteroatoms. The number of hydrogen-bond donors (Lipinski definition) is 1. The van der Waals surface area contributed by atoms with Gasteiger partial charge in [-0.15, -0.1) is 0 Å². The third-order valence-electron chi connectivity index (χ3n) is 1.80. The van der Waals surface area contributed by atoms with Gasteiger partial charge in [0.1, 0.15) is 5.02 Å². The first-order valence-electron chi connectivity index (χ1n) is 4.95. The Kier molecular flexibility index (Phi) is 4.24. The largest absolute Gasteiger partial charge is 0.277 e. The van der Waals surface area contributed by atoms with E-state index in [9.17, 15) is 18.0 Å². The fourth-order valence-electron chi connectivity index (χ4n) is 0.993. The van der Waals surface area contributed by atoms with Crippen molar-refractivity contribution in [2.45, 2.75) is 26.4 Å². The molecule has 0 aliphatic carbocycles. The quantitative estimate of drug-likeness (QED) is 0.513. The highest BCUT2D eigenvalue weighted by Gasteiger charge is 2.23. The summed E-state index contributed by atoms with van der Waals surface area (Å²) in [6.45, 7) is 4.92. The summed E-state index contributed by atoms with van der Waals surface area (Å²) in [7, 11) is 0. The molecule has 0 saturated heterocycles. The van der Waals surface area contributed by atoms with Crippen LogP contribution in [0.5, 0.6) is 0 Å². The van der Waals surface area contributed by atoms with Crippen LogP contribution in [0, 0.1) is 17.5 Å². The lowest BCUT2D eigenvalue weighted by molar-refractivity contribution is -0.0591. The molecule has 1 rings (SSSR count). The second-order valence-electron chi connectivity index (χ2n) is 4.49. The second-order valence-corrected chi connectivity index (χ2v) is 4.87. The van der Waals surface area contributed by atoms with Crippen LogP contribution in [0.15, 0.2) is 6.07 Å². The molecule has 0 heterocycles. The molecule has 3 nitrogen and oxygen atoms in total. The summed E-state index contributed by atoms with van der Waals surface area (Å²) in [4.78, 5) is 16.4. The summed E-state index contributed by atoms with van der Waals surface area (Å²) < 4.78 is 39.4. The third-order valence-corrected chi connectivity index (χ3v) is 2.13. The molecule has 0 aliphatic rings. The lowest BCUT2D eigenvalue weighted by Gasteiger charge is -2.19. The molecule has 0 aromatic heterocycles. The number of carbonyl (C=O) groups excluding carboxylic acids is 1. The fraction of sp³-hybridized carbons (Fsp3) is 0.364. The average molecular weight is 282 g/mol. The van der Waals surface area contributed by atoms with Gasteiger partial charge in [-0.25, -0.2) is 18.7 Å². The Bertz CT molecular complexity index is 486. The summed E-state index contributed by atoms with van der Waals surface area (Å²) >= 11 is 5.21. The van der Waals surface area contributed by atoms with Gasteiger partial charge in [0.15, 0.2) is 17.5 Å². The molecule has 0 saturated carbocycles. The molecule has 18 heavy (non-hydrogen) atoms. The van der Waals surface area contributed by atoms with Crippen LogP contribution < -0.4 is 5.48 Å². The van der Waals surface area contributed by atoms with Gasteiger partial charge >= 0.3 is 0 Å². The molecule has 0 radical (unpaired) electrons. The Morgan fingerprint density at radius 2 is 1.83 bits per heavy atom. The summed E-state index contributed by atoms with van der Waals surface area (Å²) in [5, 5.41) is -1.07. The normalized spacial score (nSPS) is 11.5. The van der Waals surface area contributed by atoms with Crippen LogP contribution in [0.4, 0.5) is 13.2 Å². The summed E-state index contributed by atoms with van der Waals surface area (Å²) in [5.74, 6) is -5.35. The lowest BCUT2D eigenvalue weighted by Crippen LogP contribution is -2.34. The number of hydroxylamine groups is 1. The zero-order chi connectivity index (χ0) is 14.1. The van der Waals surface area contributed by atoms with Crippen molar-refractivity contribution in [3.63, 3.8) is 0 Å². The number of carbonyl (C=O) groups is 1. The standard InChI is InChI=1S/C11H11ClF3NO2/c1-11(2,3)18-16-10(17)5-4-6(13)9(15)7(12)8(5)14/h4H,1-3H3,(H,16,17). The number of halogens is 4. The monoisotopic (exact) mass is 281 g/mol. The molecule has 1 aromatic rings. The van der Waals surface area contributed by atoms with Crippen molar-refractivity contribution >= 4 is 17.5 Å². The smallest absolute Gasteiger partial charge is 0.268 e. The Morgan fingerprint density at radius 1 is 1.28 bits per heavy atom. The highest BCUT2D eigenvalue weighted by molar-refractivity contribution is 6.31. The van der Waals surface area contributed by atoms with Gasteiger partial charge in [0.05, 0.1) is 11.2 Å². The van der Waals surface area contributed by atoms with Gasteiger partial charge in [0.25, 0.3) is 5.91 Å². The highest BCUT2D eigenvalue weighted by Crippen LogP contribution is 2.24. The number of benzene rings is 1. The van der Waals surface area contributed by atoms with Gasteiger partial charge in [-0.1, -0.05) is 11.6 Å². The van der Waals surface area contributed by atoms with Crippen LogP contribution in [0.25, 0.3) is 0 Å². The van der Waals surface area contributed by atoms with Gasteiger partial charge in [-0.3, -0.25) is 9.63 Å². The third kappa shape index (κ3) is 3.36. The molecule has 0 aliphatic heterocycles. The second kappa shape index (κ2) is 5.16. The number of rotatable bonds is 2. The molecular formula is C11H11ClF3NO2. The number of hydrogen-bond acceptors (Lipinski definition) is 2. The number of amides is 1. The molecule has 0 spiro atoms. The SMILES string of the molecule is CC(C)(C)ONC(=O)c1cc(F)c(F)c(Cl)c1F. The molecule has 1 N–H and O–H groups in total. The van der Waals surface area contributed by atoms with E-state index in [1.807, 2.05) is 5.48 Å². The zero-order valence-electron chi connectivity index (χ0n) is 9.91. The molecule has 100 valence electrons. The maximum atomic E-state index is 13.5. The maximum Gasteiger partial charge on any atom is 0.277 e. The van der Waals surface area contributed by atoms with E-state index < -0.39 is 39.5 Å². The van der Waals surface area contributed by atoms with Crippen LogP contribution >= 0.6 is 11.6 Å². The Hall–Kier alpha value is -1.27. The summed E-state index contributed by atoms with van der Waals surface area (Å²) in [6.07, 6.45) is 0. The van der Waals surface area contributed by atoms with Crippen molar-refractivity contribution in [2.75, 3.05) is 0 Å². The molecule has 0 atom stereocenters. The molecule has 0 unspecified atom stereocenters. The highest BCUT2D eigenvalue weighted by atomic mass is 35.5. The van der Waals surface area contributed by atoms with Gasteiger partial charge in [-0.2, -0.15) is 0 Å². The van der Waals surface area contributed by atoms with Crippen LogP contribution in [0.1, 0.15) is 31.1 Å². The first-order chi connectivity index (χ1) is 8.13. The molecule has 1 aromatic carbocycles. The van der Waals surface area contributed by atoms with Gasteiger partial charge in [0, 0.05) is 0 Å². The van der Waals surface area contributed by atoms with E-state index in [4.69, 9.17) is 16.4 Å². The van der Waals surface area contributed by atoms with Crippen molar-refractivity contribution in [1.82, 2.24) is 5.48 Å². The minimum Gasteiger partial charge on any atom is -0.268 e. The molecule has 1 amide bonds. The molecular weight excluding hydrogens is 271 g/mol. The Morgan fingerprint density at radius 3 is 2.33 bits per heavy atom. The van der Waals surface area contributed by atoms with E-state index in [0.717, 1.165) is 0 Å². The van der Waals surface area contributed by atoms with Crippen molar-refractivity contribution in [3.8, 4) is 0 Å². The van der Waals surface area contributed by atoms with Gasteiger partial charge in [0.2, 0.25) is 0 Å². The minimum absolute atomic E-state index is 0.415. The zero-order valence-corrected chi connectivity index (χ0v) is 10.7. The van der Waals surface area contributed by atoms with Crippen molar-refractivity contribution in [1.29, 1.82) is 0 Å². The van der Waals surface area contributed by atoms with E-state index >= 15 is 0 Å². The van der Waals surface area contributed by atoms with E-state index in [1.54, 1.807) is 20.8 Å². The first-order valence-corrected chi connectivity index (χ1v) is 5.32. The van der Waals surface area contributed by atoms with Crippen LogP contribution in [-0.4, -0.2) is 11.5 Å². The van der Waals surface area contributed by atoms with Crippen molar-refractivity contribution in [2.24, 2.45) is 0 Å². The van der Waals surface area contributed by atoms with Crippen LogP contribution in [-0.2, 0) is 4.84 Å². The fourth-order valence-corrected chi connectivity index (χ4v) is 1.18. The summed E-state index contributed by atoms with van der Waals surface area (Å²) in [5.41, 5.74) is 0.480. The Balaban J connectivity index is 3.01. The van der Waals surface area contributed by atoms with E-state index in [-0.39, 0.29) is 0 Å². The number of nitrogens with one attached hydrogen (secondary N) is 1. The molecule has 0 bridgehead atoms. The van der Waals surface area contributed by atoms with E-state index in [1.165, 1.54) is 0 Å². The summed E-state index contributed by atoms with van der Waals surface area (Å²) in [6, 6.07) is 0.415. The Labute approximate surface area is 107 Å². The van der Waals surface area contributed by atoms with Crippen molar-refractivity contribution in [3.05, 3.63) is 34.1 Å². The topological polar surface area (TPSA) is 38.3 Å². The minimum atomic E-state index is -1.54. The van der Waals surface area contributed by atoms with E-state index in [0.29, 0.717) is 6.07 Å². The van der Waals surface area contributed by atoms with Crippen LogP contribution in [0.3, 0.4) is 0 Å². The maximum absolute atomic E-state index is 13.5. The lowest BCUT2D eigenvalue weighted by atomic mass is 10.2. The predicted octanol–water partition coefficient (Wildman–Crippen LogP) is 3.22. The van der Waals surface area contributed by atoms with Crippen molar-refractivity contribution < 1.29 is 22.8 Å². The molecule has 0 fully saturated rings. The van der Waals surface area contributed by atoms with E-state index in [2.05, 4.69) is 0 Å². The average Bonchev–Trinajstić information content (AvgIpc) is 2.27. The van der Waals surface area contributed by atoms with Gasteiger partial charge < -0.3 is 0 Å². The van der Waals surface area contributed by atoms with Crippen LogP contribution in [0.2, 0.25) is 5.02 Å². The first kappa shape index (κ1) is 14.8. The van der Waals surface area contributed by atoms with Gasteiger partial charge in [-0.05, 0) is 26.8 Å². The predicted molar refractivity (Wildman–Crippen MR) is 59.6 cm³/mol.